The number of furan rings is 1. The van der Waals surface area contributed by atoms with Crippen molar-refractivity contribution in [3.8, 4) is 0 Å². The topological polar surface area (TPSA) is 76.2 Å². The van der Waals surface area contributed by atoms with Crippen LogP contribution in [0.4, 0.5) is 4.79 Å². The van der Waals surface area contributed by atoms with Crippen LogP contribution in [0.3, 0.4) is 0 Å². The van der Waals surface area contributed by atoms with Crippen molar-refractivity contribution in [2.45, 2.75) is 38.4 Å². The Balaban J connectivity index is 1.66. The van der Waals surface area contributed by atoms with Gasteiger partial charge in [-0.05, 0) is 31.9 Å². The van der Waals surface area contributed by atoms with Crippen LogP contribution in [-0.4, -0.2) is 31.7 Å². The third-order valence-corrected chi connectivity index (χ3v) is 3.63. The zero-order valence-electron chi connectivity index (χ0n) is 12.2. The number of urea groups is 1. The van der Waals surface area contributed by atoms with Crippen molar-refractivity contribution in [3.05, 3.63) is 36.3 Å². The monoisotopic (exact) mass is 289 g/mol. The van der Waals surface area contributed by atoms with E-state index in [1.807, 2.05) is 31.0 Å². The number of aryl methyl sites for hydroxylation is 1. The summed E-state index contributed by atoms with van der Waals surface area (Å²) in [5.74, 6) is 1.53. The molecule has 7 heteroatoms. The number of nitrogens with zero attached hydrogens (tertiary/aromatic N) is 4. The van der Waals surface area contributed by atoms with Crippen LogP contribution in [0.15, 0.2) is 29.1 Å². The molecule has 1 aliphatic carbocycles. The quantitative estimate of drug-likeness (QED) is 0.911. The second kappa shape index (κ2) is 5.59. The second-order valence-corrected chi connectivity index (χ2v) is 5.41. The molecule has 21 heavy (non-hydrogen) atoms. The van der Waals surface area contributed by atoms with Gasteiger partial charge < -0.3 is 19.2 Å². The highest BCUT2D eigenvalue weighted by Crippen LogP contribution is 2.28. The highest BCUT2D eigenvalue weighted by Gasteiger charge is 2.34. The van der Waals surface area contributed by atoms with Crippen LogP contribution in [0, 0.1) is 0 Å². The zero-order chi connectivity index (χ0) is 14.8. The maximum Gasteiger partial charge on any atom is 0.318 e. The third-order valence-electron chi connectivity index (χ3n) is 3.63. The molecule has 1 fully saturated rings. The van der Waals surface area contributed by atoms with E-state index in [1.54, 1.807) is 17.2 Å². The summed E-state index contributed by atoms with van der Waals surface area (Å²) in [4.78, 5) is 14.3. The first-order valence-corrected chi connectivity index (χ1v) is 7.08. The number of carbonyl (C=O) groups is 1. The van der Waals surface area contributed by atoms with E-state index in [0.717, 1.165) is 24.4 Å². The number of hydrogen-bond donors (Lipinski definition) is 1. The zero-order valence-corrected chi connectivity index (χ0v) is 12.2. The molecule has 0 bridgehead atoms. The van der Waals surface area contributed by atoms with Gasteiger partial charge in [0.05, 0.1) is 18.8 Å². The molecule has 3 rings (SSSR count). The Morgan fingerprint density at radius 1 is 1.62 bits per heavy atom. The van der Waals surface area contributed by atoms with Crippen molar-refractivity contribution in [2.24, 2.45) is 7.05 Å². The van der Waals surface area contributed by atoms with Gasteiger partial charge in [-0.3, -0.25) is 0 Å². The molecule has 1 aliphatic rings. The van der Waals surface area contributed by atoms with Gasteiger partial charge in [0, 0.05) is 13.1 Å². The minimum atomic E-state index is -0.192. The van der Waals surface area contributed by atoms with Gasteiger partial charge in [0.25, 0.3) is 0 Å². The Labute approximate surface area is 122 Å². The lowest BCUT2D eigenvalue weighted by Gasteiger charge is -2.24. The van der Waals surface area contributed by atoms with Gasteiger partial charge in [0.15, 0.2) is 5.82 Å². The molecule has 0 saturated heterocycles. The fourth-order valence-electron chi connectivity index (χ4n) is 2.34. The summed E-state index contributed by atoms with van der Waals surface area (Å²) in [6, 6.07) is 3.74. The lowest BCUT2D eigenvalue weighted by atomic mass is 10.3. The Morgan fingerprint density at radius 3 is 3.00 bits per heavy atom. The van der Waals surface area contributed by atoms with E-state index in [9.17, 15) is 4.79 Å². The summed E-state index contributed by atoms with van der Waals surface area (Å²) in [7, 11) is 1.86. The van der Waals surface area contributed by atoms with Gasteiger partial charge in [-0.1, -0.05) is 0 Å². The van der Waals surface area contributed by atoms with Crippen LogP contribution < -0.4 is 5.32 Å². The molecule has 0 unspecified atom stereocenters. The molecule has 1 saturated carbocycles. The maximum atomic E-state index is 12.5. The summed E-state index contributed by atoms with van der Waals surface area (Å²) in [5.41, 5.74) is 0. The summed E-state index contributed by atoms with van der Waals surface area (Å²) in [6.45, 7) is 2.40. The highest BCUT2D eigenvalue weighted by atomic mass is 16.3. The van der Waals surface area contributed by atoms with E-state index in [-0.39, 0.29) is 12.1 Å². The lowest BCUT2D eigenvalue weighted by Crippen LogP contribution is -2.42. The molecule has 0 spiro atoms. The average Bonchev–Trinajstić information content (AvgIpc) is 2.98. The minimum absolute atomic E-state index is 0.0931. The van der Waals surface area contributed by atoms with Gasteiger partial charge in [-0.15, -0.1) is 10.2 Å². The van der Waals surface area contributed by atoms with E-state index in [2.05, 4.69) is 15.5 Å². The molecule has 7 nitrogen and oxygen atoms in total. The summed E-state index contributed by atoms with van der Waals surface area (Å²) < 4.78 is 7.14. The largest absolute Gasteiger partial charge is 0.467 e. The van der Waals surface area contributed by atoms with Crippen LogP contribution in [0.1, 0.15) is 37.4 Å². The molecule has 1 atom stereocenters. The van der Waals surface area contributed by atoms with Gasteiger partial charge in [-0.2, -0.15) is 0 Å². The molecule has 2 heterocycles. The van der Waals surface area contributed by atoms with Crippen LogP contribution in [0.2, 0.25) is 0 Å². The standard InChI is InChI=1S/C14H19N5O2/c1-10(13-17-15-9-18(13)2)16-14(20)19(11-5-6-11)8-12-4-3-7-21-12/h3-4,7,9-11H,5-6,8H2,1-2H3,(H,16,20)/t10-/m1/s1. The number of rotatable bonds is 5. The maximum absolute atomic E-state index is 12.5. The van der Waals surface area contributed by atoms with Crippen molar-refractivity contribution in [1.82, 2.24) is 25.0 Å². The van der Waals surface area contributed by atoms with Crippen LogP contribution >= 0.6 is 0 Å². The number of nitrogens with one attached hydrogen (secondary N) is 1. The van der Waals surface area contributed by atoms with Crippen molar-refractivity contribution >= 4 is 6.03 Å². The smallest absolute Gasteiger partial charge is 0.318 e. The van der Waals surface area contributed by atoms with Gasteiger partial charge in [0.2, 0.25) is 0 Å². The molecule has 2 aromatic heterocycles. The van der Waals surface area contributed by atoms with E-state index in [0.29, 0.717) is 12.6 Å². The number of aromatic nitrogens is 3. The Bertz CT molecular complexity index is 603. The van der Waals surface area contributed by atoms with Crippen LogP contribution in [0.25, 0.3) is 0 Å². The molecule has 112 valence electrons. The number of hydrogen-bond acceptors (Lipinski definition) is 4. The normalized spacial score (nSPS) is 15.7. The molecule has 1 N–H and O–H groups in total. The van der Waals surface area contributed by atoms with E-state index < -0.39 is 0 Å². The molecular weight excluding hydrogens is 270 g/mol. The summed E-state index contributed by atoms with van der Waals surface area (Å²) in [5, 5.41) is 10.8. The SMILES string of the molecule is C[C@@H](NC(=O)N(Cc1ccco1)C1CC1)c1nncn1C. The Kier molecular flexibility index (Phi) is 3.64. The van der Waals surface area contributed by atoms with Crippen molar-refractivity contribution in [3.63, 3.8) is 0 Å². The first-order chi connectivity index (χ1) is 10.1. The number of carbonyl (C=O) groups excluding carboxylic acids is 1. The fraction of sp³-hybridized carbons (Fsp3) is 0.500. The molecule has 2 aromatic rings. The van der Waals surface area contributed by atoms with Crippen molar-refractivity contribution in [1.29, 1.82) is 0 Å². The predicted molar refractivity (Wildman–Crippen MR) is 75.2 cm³/mol. The molecule has 2 amide bonds. The van der Waals surface area contributed by atoms with Gasteiger partial charge >= 0.3 is 6.03 Å². The fourth-order valence-corrected chi connectivity index (χ4v) is 2.34. The Hall–Kier alpha value is -2.31. The molecule has 0 aliphatic heterocycles. The van der Waals surface area contributed by atoms with Crippen molar-refractivity contribution < 1.29 is 9.21 Å². The third kappa shape index (κ3) is 3.07. The highest BCUT2D eigenvalue weighted by molar-refractivity contribution is 5.75. The summed E-state index contributed by atoms with van der Waals surface area (Å²) in [6.07, 6.45) is 5.35. The molecule has 0 radical (unpaired) electrons. The first-order valence-electron chi connectivity index (χ1n) is 7.08. The van der Waals surface area contributed by atoms with E-state index in [1.165, 1.54) is 0 Å². The van der Waals surface area contributed by atoms with E-state index >= 15 is 0 Å². The van der Waals surface area contributed by atoms with Crippen molar-refractivity contribution in [2.75, 3.05) is 0 Å². The van der Waals surface area contributed by atoms with Crippen LogP contribution in [-0.2, 0) is 13.6 Å². The predicted octanol–water partition coefficient (Wildman–Crippen LogP) is 1.84. The molecule has 0 aromatic carbocycles. The van der Waals surface area contributed by atoms with Gasteiger partial charge in [-0.25, -0.2) is 4.79 Å². The molecular formula is C14H19N5O2. The second-order valence-electron chi connectivity index (χ2n) is 5.41. The number of amides is 2. The van der Waals surface area contributed by atoms with Crippen LogP contribution in [0.5, 0.6) is 0 Å². The van der Waals surface area contributed by atoms with Gasteiger partial charge in [0.1, 0.15) is 12.1 Å². The lowest BCUT2D eigenvalue weighted by molar-refractivity contribution is 0.183. The average molecular weight is 289 g/mol. The van der Waals surface area contributed by atoms with E-state index in [4.69, 9.17) is 4.42 Å². The Morgan fingerprint density at radius 2 is 2.43 bits per heavy atom. The minimum Gasteiger partial charge on any atom is -0.467 e. The summed E-state index contributed by atoms with van der Waals surface area (Å²) >= 11 is 0. The first kappa shape index (κ1) is 13.7.